The second-order valence-corrected chi connectivity index (χ2v) is 4.34. The molecule has 0 atom stereocenters. The van der Waals surface area contributed by atoms with E-state index in [-0.39, 0.29) is 18.0 Å². The van der Waals surface area contributed by atoms with Crippen molar-refractivity contribution in [3.63, 3.8) is 0 Å². The van der Waals surface area contributed by atoms with Crippen molar-refractivity contribution in [3.8, 4) is 0 Å². The summed E-state index contributed by atoms with van der Waals surface area (Å²) in [5.74, 6) is 0. The van der Waals surface area contributed by atoms with Crippen molar-refractivity contribution in [2.45, 2.75) is 12.8 Å². The van der Waals surface area contributed by atoms with Crippen LogP contribution in [0.15, 0.2) is 42.6 Å². The van der Waals surface area contributed by atoms with Crippen LogP contribution < -0.4 is 11.1 Å². The Bertz CT molecular complexity index is 660. The van der Waals surface area contributed by atoms with E-state index in [1.807, 2.05) is 6.07 Å². The number of nitrogens with zero attached hydrogens (tertiary/aromatic N) is 1. The largest absolute Gasteiger partial charge is 0.444 e. The summed E-state index contributed by atoms with van der Waals surface area (Å²) in [5, 5.41) is 2.24. The number of benzene rings is 1. The summed E-state index contributed by atoms with van der Waals surface area (Å²) in [7, 11) is 0. The molecule has 0 aliphatic rings. The van der Waals surface area contributed by atoms with Crippen molar-refractivity contribution in [1.29, 1.82) is 0 Å². The minimum Gasteiger partial charge on any atom is -0.444 e. The monoisotopic (exact) mass is 311 g/mol. The third-order valence-electron chi connectivity index (χ3n) is 2.68. The number of nitrogens with two attached hydrogens (primary N) is 1. The molecular weight excluding hydrogens is 299 g/mol. The van der Waals surface area contributed by atoms with Crippen molar-refractivity contribution in [2.75, 3.05) is 11.1 Å². The van der Waals surface area contributed by atoms with Crippen LogP contribution in [-0.2, 0) is 17.5 Å². The van der Waals surface area contributed by atoms with Gasteiger partial charge in [-0.05, 0) is 11.6 Å². The summed E-state index contributed by atoms with van der Waals surface area (Å²) in [6, 6.07) is 9.57. The summed E-state index contributed by atoms with van der Waals surface area (Å²) in [4.78, 5) is 14.8. The van der Waals surface area contributed by atoms with Crippen LogP contribution in [0.25, 0.3) is 0 Å². The van der Waals surface area contributed by atoms with Crippen molar-refractivity contribution in [1.82, 2.24) is 4.98 Å². The molecule has 2 aromatic rings. The third kappa shape index (κ3) is 4.11. The Morgan fingerprint density at radius 3 is 2.55 bits per heavy atom. The lowest BCUT2D eigenvalue weighted by molar-refractivity contribution is -0.141. The maximum absolute atomic E-state index is 12.4. The number of amides is 1. The van der Waals surface area contributed by atoms with Crippen molar-refractivity contribution in [3.05, 3.63) is 53.9 Å². The SMILES string of the molecule is Nc1cc(C(F)(F)F)ncc1NC(=O)OCc1ccccc1. The van der Waals surface area contributed by atoms with Gasteiger partial charge in [-0.25, -0.2) is 9.78 Å². The van der Waals surface area contributed by atoms with Crippen LogP contribution in [0.2, 0.25) is 0 Å². The van der Waals surface area contributed by atoms with E-state index in [0.29, 0.717) is 6.07 Å². The number of rotatable bonds is 3. The zero-order chi connectivity index (χ0) is 16.2. The van der Waals surface area contributed by atoms with E-state index in [9.17, 15) is 18.0 Å². The van der Waals surface area contributed by atoms with Gasteiger partial charge in [-0.2, -0.15) is 13.2 Å². The van der Waals surface area contributed by atoms with Crippen LogP contribution >= 0.6 is 0 Å². The van der Waals surface area contributed by atoms with Gasteiger partial charge in [-0.3, -0.25) is 5.32 Å². The van der Waals surface area contributed by atoms with Crippen LogP contribution in [-0.4, -0.2) is 11.1 Å². The molecule has 0 saturated carbocycles. The maximum atomic E-state index is 12.4. The van der Waals surface area contributed by atoms with E-state index >= 15 is 0 Å². The highest BCUT2D eigenvalue weighted by Crippen LogP contribution is 2.30. The Morgan fingerprint density at radius 1 is 1.27 bits per heavy atom. The molecule has 0 bridgehead atoms. The Morgan fingerprint density at radius 2 is 1.95 bits per heavy atom. The number of halogens is 3. The summed E-state index contributed by atoms with van der Waals surface area (Å²) >= 11 is 0. The number of ether oxygens (including phenoxy) is 1. The molecule has 0 radical (unpaired) electrons. The molecule has 2 rings (SSSR count). The number of nitrogen functional groups attached to an aromatic ring is 1. The van der Waals surface area contributed by atoms with Gasteiger partial charge in [-0.1, -0.05) is 30.3 Å². The molecule has 0 unspecified atom stereocenters. The number of carbonyl (C=O) groups is 1. The average molecular weight is 311 g/mol. The molecule has 5 nitrogen and oxygen atoms in total. The molecule has 1 aromatic carbocycles. The van der Waals surface area contributed by atoms with Crippen LogP contribution in [0, 0.1) is 0 Å². The van der Waals surface area contributed by atoms with Gasteiger partial charge in [0.1, 0.15) is 12.3 Å². The number of anilines is 2. The van der Waals surface area contributed by atoms with Crippen LogP contribution in [0.5, 0.6) is 0 Å². The zero-order valence-electron chi connectivity index (χ0n) is 11.2. The molecule has 1 aromatic heterocycles. The van der Waals surface area contributed by atoms with E-state index in [0.717, 1.165) is 11.8 Å². The predicted octanol–water partition coefficient (Wildman–Crippen LogP) is 3.43. The lowest BCUT2D eigenvalue weighted by Gasteiger charge is -2.11. The van der Waals surface area contributed by atoms with Gasteiger partial charge in [0.05, 0.1) is 17.6 Å². The van der Waals surface area contributed by atoms with Crippen molar-refractivity contribution < 1.29 is 22.7 Å². The van der Waals surface area contributed by atoms with Gasteiger partial charge < -0.3 is 10.5 Å². The first-order chi connectivity index (χ1) is 10.4. The van der Waals surface area contributed by atoms with Crippen LogP contribution in [0.1, 0.15) is 11.3 Å². The summed E-state index contributed by atoms with van der Waals surface area (Å²) in [6.07, 6.45) is -4.60. The van der Waals surface area contributed by atoms with Crippen LogP contribution in [0.3, 0.4) is 0 Å². The molecule has 1 heterocycles. The number of hydrogen-bond acceptors (Lipinski definition) is 4. The molecule has 0 saturated heterocycles. The quantitative estimate of drug-likeness (QED) is 0.910. The van der Waals surface area contributed by atoms with Crippen molar-refractivity contribution >= 4 is 17.5 Å². The number of alkyl halides is 3. The topological polar surface area (TPSA) is 77.2 Å². The zero-order valence-corrected chi connectivity index (χ0v) is 11.2. The molecule has 22 heavy (non-hydrogen) atoms. The third-order valence-corrected chi connectivity index (χ3v) is 2.68. The highest BCUT2D eigenvalue weighted by Gasteiger charge is 2.32. The maximum Gasteiger partial charge on any atom is 0.433 e. The van der Waals surface area contributed by atoms with E-state index in [1.165, 1.54) is 0 Å². The second-order valence-electron chi connectivity index (χ2n) is 4.34. The van der Waals surface area contributed by atoms with Gasteiger partial charge in [0, 0.05) is 0 Å². The molecule has 0 fully saturated rings. The summed E-state index contributed by atoms with van der Waals surface area (Å²) in [5.41, 5.74) is 4.81. The smallest absolute Gasteiger partial charge is 0.433 e. The first-order valence-electron chi connectivity index (χ1n) is 6.16. The Hall–Kier alpha value is -2.77. The molecule has 8 heteroatoms. The van der Waals surface area contributed by atoms with E-state index in [4.69, 9.17) is 10.5 Å². The molecular formula is C14H12F3N3O2. The fourth-order valence-corrected chi connectivity index (χ4v) is 1.60. The summed E-state index contributed by atoms with van der Waals surface area (Å²) in [6.45, 7) is 0.0284. The minimum absolute atomic E-state index is 0.0284. The highest BCUT2D eigenvalue weighted by atomic mass is 19.4. The standard InChI is InChI=1S/C14H12F3N3O2/c15-14(16,17)12-6-10(18)11(7-19-12)20-13(21)22-8-9-4-2-1-3-5-9/h1-7H,8H2,(H2,18,19)(H,20,21). The summed E-state index contributed by atoms with van der Waals surface area (Å²) < 4.78 is 42.3. The van der Waals surface area contributed by atoms with Gasteiger partial charge in [0.25, 0.3) is 0 Å². The first-order valence-corrected chi connectivity index (χ1v) is 6.16. The predicted molar refractivity (Wildman–Crippen MR) is 73.9 cm³/mol. The van der Waals surface area contributed by atoms with E-state index in [1.54, 1.807) is 24.3 Å². The lowest BCUT2D eigenvalue weighted by atomic mass is 10.2. The highest BCUT2D eigenvalue weighted by molar-refractivity contribution is 5.88. The Labute approximate surface area is 123 Å². The molecule has 116 valence electrons. The second kappa shape index (κ2) is 6.33. The van der Waals surface area contributed by atoms with Crippen LogP contribution in [0.4, 0.5) is 29.3 Å². The molecule has 1 amide bonds. The average Bonchev–Trinajstić information content (AvgIpc) is 2.47. The van der Waals surface area contributed by atoms with Gasteiger partial charge in [0.2, 0.25) is 0 Å². The van der Waals surface area contributed by atoms with Crippen molar-refractivity contribution in [2.24, 2.45) is 0 Å². The molecule has 0 spiro atoms. The number of pyridine rings is 1. The molecule has 0 aliphatic carbocycles. The number of nitrogens with one attached hydrogen (secondary N) is 1. The molecule has 0 aliphatic heterocycles. The van der Waals surface area contributed by atoms with Gasteiger partial charge in [0.15, 0.2) is 0 Å². The fraction of sp³-hybridized carbons (Fsp3) is 0.143. The van der Waals surface area contributed by atoms with E-state index in [2.05, 4.69) is 10.3 Å². The Kier molecular flexibility index (Phi) is 4.50. The van der Waals surface area contributed by atoms with E-state index < -0.39 is 18.0 Å². The fourth-order valence-electron chi connectivity index (χ4n) is 1.60. The first kappa shape index (κ1) is 15.6. The number of hydrogen-bond donors (Lipinski definition) is 2. The molecule has 3 N–H and O–H groups in total. The lowest BCUT2D eigenvalue weighted by Crippen LogP contribution is -2.16. The van der Waals surface area contributed by atoms with Gasteiger partial charge >= 0.3 is 12.3 Å². The Balaban J connectivity index is 1.97. The normalized spacial score (nSPS) is 11.0. The minimum atomic E-state index is -4.60. The number of carbonyl (C=O) groups excluding carboxylic acids is 1. The van der Waals surface area contributed by atoms with Gasteiger partial charge in [-0.15, -0.1) is 0 Å². The number of aromatic nitrogens is 1.